The molecule has 0 spiro atoms. The molecule has 1 aromatic rings. The van der Waals surface area contributed by atoms with Crippen molar-refractivity contribution in [1.82, 2.24) is 13.5 Å². The summed E-state index contributed by atoms with van der Waals surface area (Å²) < 4.78 is 34.0. The lowest BCUT2D eigenvalue weighted by Gasteiger charge is -2.36. The Morgan fingerprint density at radius 3 is 2.24 bits per heavy atom. The van der Waals surface area contributed by atoms with Crippen LogP contribution in [-0.4, -0.2) is 80.8 Å². The van der Waals surface area contributed by atoms with E-state index in [1.807, 2.05) is 4.90 Å². The first kappa shape index (κ1) is 22.3. The topological polar surface area (TPSA) is 82.2 Å². The summed E-state index contributed by atoms with van der Waals surface area (Å²) in [6.45, 7) is 3.29. The number of amides is 1. The Morgan fingerprint density at radius 1 is 1.03 bits per heavy atom. The lowest BCUT2D eigenvalue weighted by atomic mass is 10.2. The van der Waals surface area contributed by atoms with Crippen molar-refractivity contribution >= 4 is 33.4 Å². The van der Waals surface area contributed by atoms with Crippen LogP contribution in [0.15, 0.2) is 18.2 Å². The summed E-state index contributed by atoms with van der Waals surface area (Å²) in [5.74, 6) is 0.390. The van der Waals surface area contributed by atoms with Crippen LogP contribution in [0.25, 0.3) is 0 Å². The summed E-state index contributed by atoms with van der Waals surface area (Å²) in [7, 11) is -1.87. The molecule has 2 fully saturated rings. The molecule has 0 atom stereocenters. The number of piperazine rings is 1. The number of hydrogen-bond donors (Lipinski definition) is 1. The zero-order valence-corrected chi connectivity index (χ0v) is 18.3. The van der Waals surface area contributed by atoms with Crippen LogP contribution in [0.5, 0.6) is 5.75 Å². The minimum absolute atomic E-state index is 0.157. The van der Waals surface area contributed by atoms with Gasteiger partial charge in [-0.3, -0.25) is 9.69 Å². The molecule has 2 aliphatic heterocycles. The van der Waals surface area contributed by atoms with E-state index in [2.05, 4.69) is 5.32 Å². The molecule has 10 heteroatoms. The second kappa shape index (κ2) is 10.1. The minimum atomic E-state index is -3.41. The lowest BCUT2D eigenvalue weighted by Crippen LogP contribution is -2.54. The van der Waals surface area contributed by atoms with Gasteiger partial charge in [-0.15, -0.1) is 0 Å². The number of carbonyl (C=O) groups excluding carboxylic acids is 1. The molecule has 0 bridgehead atoms. The van der Waals surface area contributed by atoms with Crippen molar-refractivity contribution in [2.24, 2.45) is 0 Å². The van der Waals surface area contributed by atoms with Crippen molar-refractivity contribution in [1.29, 1.82) is 0 Å². The fourth-order valence-corrected chi connectivity index (χ4v) is 5.63. The molecule has 2 saturated heterocycles. The number of anilines is 1. The highest BCUT2D eigenvalue weighted by Gasteiger charge is 2.32. The van der Waals surface area contributed by atoms with Crippen LogP contribution in [0.4, 0.5) is 5.69 Å². The van der Waals surface area contributed by atoms with E-state index in [9.17, 15) is 13.2 Å². The van der Waals surface area contributed by atoms with Crippen LogP contribution in [0.2, 0.25) is 5.02 Å². The number of benzene rings is 1. The molecule has 0 unspecified atom stereocenters. The summed E-state index contributed by atoms with van der Waals surface area (Å²) >= 11 is 6.08. The fraction of sp³-hybridized carbons (Fsp3) is 0.632. The monoisotopic (exact) mass is 444 g/mol. The van der Waals surface area contributed by atoms with E-state index in [-0.39, 0.29) is 12.5 Å². The highest BCUT2D eigenvalue weighted by atomic mass is 35.5. The van der Waals surface area contributed by atoms with Crippen LogP contribution in [0.1, 0.15) is 25.7 Å². The number of halogens is 1. The third kappa shape index (κ3) is 5.82. The smallest absolute Gasteiger partial charge is 0.282 e. The van der Waals surface area contributed by atoms with Crippen LogP contribution >= 0.6 is 11.6 Å². The van der Waals surface area contributed by atoms with Gasteiger partial charge in [-0.25, -0.2) is 0 Å². The maximum absolute atomic E-state index is 12.9. The Bertz CT molecular complexity index is 804. The summed E-state index contributed by atoms with van der Waals surface area (Å²) in [5.41, 5.74) is 0.600. The normalized spacial score (nSPS) is 20.2. The highest BCUT2D eigenvalue weighted by molar-refractivity contribution is 7.86. The first-order chi connectivity index (χ1) is 13.9. The Morgan fingerprint density at radius 2 is 1.66 bits per heavy atom. The van der Waals surface area contributed by atoms with E-state index in [1.165, 1.54) is 7.11 Å². The number of hydrogen-bond acceptors (Lipinski definition) is 5. The average Bonchev–Trinajstić information content (AvgIpc) is 2.98. The summed E-state index contributed by atoms with van der Waals surface area (Å²) in [4.78, 5) is 14.3. The second-order valence-corrected chi connectivity index (χ2v) is 9.73. The molecule has 2 aliphatic rings. The Labute approximate surface area is 177 Å². The van der Waals surface area contributed by atoms with Crippen molar-refractivity contribution in [2.45, 2.75) is 25.7 Å². The third-order valence-corrected chi connectivity index (χ3v) is 7.68. The van der Waals surface area contributed by atoms with E-state index in [0.717, 1.165) is 25.7 Å². The van der Waals surface area contributed by atoms with E-state index in [4.69, 9.17) is 16.3 Å². The quantitative estimate of drug-likeness (QED) is 0.725. The second-order valence-electron chi connectivity index (χ2n) is 7.39. The minimum Gasteiger partial charge on any atom is -0.495 e. The molecule has 29 heavy (non-hydrogen) atoms. The Balaban J connectivity index is 1.49. The number of rotatable bonds is 6. The molecular weight excluding hydrogens is 416 g/mol. The predicted octanol–water partition coefficient (Wildman–Crippen LogP) is 2.03. The van der Waals surface area contributed by atoms with Crippen LogP contribution in [0.3, 0.4) is 0 Å². The van der Waals surface area contributed by atoms with Crippen LogP contribution in [-0.2, 0) is 15.0 Å². The van der Waals surface area contributed by atoms with Gasteiger partial charge >= 0.3 is 0 Å². The van der Waals surface area contributed by atoms with Gasteiger partial charge < -0.3 is 10.1 Å². The molecule has 1 N–H and O–H groups in total. The molecular formula is C19H29ClN4O4S. The molecule has 0 radical (unpaired) electrons. The van der Waals surface area contributed by atoms with Gasteiger partial charge in [0.25, 0.3) is 10.2 Å². The number of methoxy groups -OCH3 is 1. The van der Waals surface area contributed by atoms with Crippen molar-refractivity contribution in [3.05, 3.63) is 23.2 Å². The summed E-state index contributed by atoms with van der Waals surface area (Å²) in [6.07, 6.45) is 4.03. The van der Waals surface area contributed by atoms with Gasteiger partial charge in [-0.1, -0.05) is 24.4 Å². The molecule has 1 amide bonds. The standard InChI is InChI=1S/C19H29ClN4O4S/c1-28-18-7-6-16(14-17(18)20)21-19(25)15-22-10-12-24(13-11-22)29(26,27)23-8-4-2-3-5-9-23/h6-7,14H,2-5,8-13,15H2,1H3,(H,21,25). The average molecular weight is 445 g/mol. The maximum atomic E-state index is 12.9. The molecule has 2 heterocycles. The first-order valence-electron chi connectivity index (χ1n) is 10.0. The Hall–Kier alpha value is -1.39. The molecule has 3 rings (SSSR count). The van der Waals surface area contributed by atoms with Gasteiger partial charge in [0.15, 0.2) is 0 Å². The van der Waals surface area contributed by atoms with Gasteiger partial charge in [0.05, 0.1) is 18.7 Å². The van der Waals surface area contributed by atoms with Crippen molar-refractivity contribution < 1.29 is 17.9 Å². The summed E-state index contributed by atoms with van der Waals surface area (Å²) in [5, 5.41) is 3.25. The maximum Gasteiger partial charge on any atom is 0.282 e. The van der Waals surface area contributed by atoms with Crippen LogP contribution in [0, 0.1) is 0 Å². The van der Waals surface area contributed by atoms with Gasteiger partial charge in [0.1, 0.15) is 5.75 Å². The van der Waals surface area contributed by atoms with Crippen molar-refractivity contribution in [3.63, 3.8) is 0 Å². The van der Waals surface area contributed by atoms with Gasteiger partial charge in [-0.2, -0.15) is 17.0 Å². The van der Waals surface area contributed by atoms with Gasteiger partial charge in [-0.05, 0) is 31.0 Å². The predicted molar refractivity (Wildman–Crippen MR) is 114 cm³/mol. The van der Waals surface area contributed by atoms with Gasteiger partial charge in [0, 0.05) is 45.0 Å². The number of nitrogens with one attached hydrogen (secondary N) is 1. The molecule has 162 valence electrons. The number of ether oxygens (including phenoxy) is 1. The van der Waals surface area contributed by atoms with Gasteiger partial charge in [0.2, 0.25) is 5.91 Å². The van der Waals surface area contributed by atoms with E-state index < -0.39 is 10.2 Å². The summed E-state index contributed by atoms with van der Waals surface area (Å²) in [6, 6.07) is 5.07. The highest BCUT2D eigenvalue weighted by Crippen LogP contribution is 2.27. The number of carbonyl (C=O) groups is 1. The van der Waals surface area contributed by atoms with Crippen molar-refractivity contribution in [3.8, 4) is 5.75 Å². The first-order valence-corrected chi connectivity index (χ1v) is 11.8. The van der Waals surface area contributed by atoms with E-state index >= 15 is 0 Å². The Kier molecular flexibility index (Phi) is 7.75. The van der Waals surface area contributed by atoms with Crippen LogP contribution < -0.4 is 10.1 Å². The largest absolute Gasteiger partial charge is 0.495 e. The fourth-order valence-electron chi connectivity index (χ4n) is 3.70. The number of nitrogens with zero attached hydrogens (tertiary/aromatic N) is 3. The van der Waals surface area contributed by atoms with E-state index in [1.54, 1.807) is 26.8 Å². The molecule has 1 aromatic carbocycles. The molecule has 8 nitrogen and oxygen atoms in total. The lowest BCUT2D eigenvalue weighted by molar-refractivity contribution is -0.117. The van der Waals surface area contributed by atoms with E-state index in [0.29, 0.717) is 55.7 Å². The molecule has 0 saturated carbocycles. The van der Waals surface area contributed by atoms with Crippen molar-refractivity contribution in [2.75, 3.05) is 58.2 Å². The zero-order chi connectivity index (χ0) is 20.9. The SMILES string of the molecule is COc1ccc(NC(=O)CN2CCN(S(=O)(=O)N3CCCCCC3)CC2)cc1Cl. The molecule has 0 aromatic heterocycles. The molecule has 0 aliphatic carbocycles. The zero-order valence-electron chi connectivity index (χ0n) is 16.8. The third-order valence-electron chi connectivity index (χ3n) is 5.35.